The highest BCUT2D eigenvalue weighted by Crippen LogP contribution is 2.37. The van der Waals surface area contributed by atoms with E-state index in [1.54, 1.807) is 7.11 Å². The van der Waals surface area contributed by atoms with Gasteiger partial charge in [-0.1, -0.05) is 45.0 Å². The molecule has 0 aliphatic carbocycles. The lowest BCUT2D eigenvalue weighted by Crippen LogP contribution is -2.26. The summed E-state index contributed by atoms with van der Waals surface area (Å²) in [6, 6.07) is 15.0. The van der Waals surface area contributed by atoms with Crippen LogP contribution in [0, 0.1) is 6.92 Å². The summed E-state index contributed by atoms with van der Waals surface area (Å²) in [4.78, 5) is 7.64. The summed E-state index contributed by atoms with van der Waals surface area (Å²) < 4.78 is 5.44. The Morgan fingerprint density at radius 1 is 0.929 bits per heavy atom. The quantitative estimate of drug-likeness (QED) is 0.454. The molecule has 0 atom stereocenters. The lowest BCUT2D eigenvalue weighted by atomic mass is 9.96. The molecule has 3 rings (SSSR count). The van der Waals surface area contributed by atoms with Crippen LogP contribution in [-0.2, 0) is 6.42 Å². The number of aromatic nitrogens is 1. The molecule has 3 heteroatoms. The average molecular weight is 377 g/mol. The number of benzene rings is 2. The van der Waals surface area contributed by atoms with Gasteiger partial charge in [-0.2, -0.15) is 0 Å². The first-order valence-electron chi connectivity index (χ1n) is 10.5. The van der Waals surface area contributed by atoms with Crippen molar-refractivity contribution in [1.82, 2.24) is 4.98 Å². The van der Waals surface area contributed by atoms with Crippen LogP contribution < -0.4 is 9.64 Å². The van der Waals surface area contributed by atoms with Gasteiger partial charge in [0, 0.05) is 29.4 Å². The third kappa shape index (κ3) is 3.84. The second-order valence-corrected chi connectivity index (χ2v) is 7.30. The van der Waals surface area contributed by atoms with Crippen LogP contribution in [0.2, 0.25) is 0 Å². The van der Waals surface area contributed by atoms with E-state index < -0.39 is 0 Å². The Bertz CT molecular complexity index is 943. The predicted molar refractivity (Wildman–Crippen MR) is 121 cm³/mol. The molecule has 0 saturated carbocycles. The van der Waals surface area contributed by atoms with E-state index in [2.05, 4.69) is 69.0 Å². The number of methoxy groups -OCH3 is 1. The molecule has 3 nitrogen and oxygen atoms in total. The number of hydrogen-bond acceptors (Lipinski definition) is 3. The second-order valence-electron chi connectivity index (χ2n) is 7.30. The van der Waals surface area contributed by atoms with Crippen LogP contribution in [0.4, 0.5) is 5.69 Å². The van der Waals surface area contributed by atoms with Gasteiger partial charge in [0.05, 0.1) is 24.2 Å². The molecule has 148 valence electrons. The van der Waals surface area contributed by atoms with Gasteiger partial charge in [0.15, 0.2) is 0 Å². The number of fused-ring (bicyclic) bond motifs is 1. The van der Waals surface area contributed by atoms with Gasteiger partial charge in [-0.05, 0) is 49.9 Å². The fourth-order valence-electron chi connectivity index (χ4n) is 4.07. The molecule has 0 radical (unpaired) electrons. The van der Waals surface area contributed by atoms with Crippen LogP contribution in [0.3, 0.4) is 0 Å². The van der Waals surface area contributed by atoms with Gasteiger partial charge >= 0.3 is 0 Å². The van der Waals surface area contributed by atoms with E-state index in [1.165, 1.54) is 27.6 Å². The Balaban J connectivity index is 2.26. The second kappa shape index (κ2) is 9.09. The lowest BCUT2D eigenvalue weighted by Gasteiger charge is -2.27. The third-order valence-corrected chi connectivity index (χ3v) is 5.31. The maximum absolute atomic E-state index is 5.44. The Kier molecular flexibility index (Phi) is 6.56. The highest BCUT2D eigenvalue weighted by molar-refractivity contribution is 6.03. The summed E-state index contributed by atoms with van der Waals surface area (Å²) in [6.07, 6.45) is 3.21. The molecule has 0 aliphatic heterocycles. The molecule has 28 heavy (non-hydrogen) atoms. The van der Waals surface area contributed by atoms with Crippen molar-refractivity contribution in [2.45, 2.75) is 47.0 Å². The fraction of sp³-hybridized carbons (Fsp3) is 0.400. The van der Waals surface area contributed by atoms with Gasteiger partial charge in [-0.15, -0.1) is 0 Å². The van der Waals surface area contributed by atoms with E-state index in [0.29, 0.717) is 0 Å². The van der Waals surface area contributed by atoms with Gasteiger partial charge in [0.2, 0.25) is 0 Å². The Morgan fingerprint density at radius 3 is 2.21 bits per heavy atom. The minimum absolute atomic E-state index is 0.898. The number of nitrogens with zero attached hydrogens (tertiary/aromatic N) is 2. The molecule has 1 aromatic heterocycles. The van der Waals surface area contributed by atoms with Gasteiger partial charge in [-0.25, -0.2) is 0 Å². The van der Waals surface area contributed by atoms with Gasteiger partial charge in [-0.3, -0.25) is 4.98 Å². The van der Waals surface area contributed by atoms with Crippen LogP contribution in [0.5, 0.6) is 5.75 Å². The summed E-state index contributed by atoms with van der Waals surface area (Å²) in [7, 11) is 1.72. The number of pyridine rings is 1. The van der Waals surface area contributed by atoms with E-state index in [4.69, 9.17) is 9.72 Å². The molecule has 0 unspecified atom stereocenters. The van der Waals surface area contributed by atoms with Crippen LogP contribution >= 0.6 is 0 Å². The van der Waals surface area contributed by atoms with Crippen molar-refractivity contribution in [3.05, 3.63) is 53.7 Å². The van der Waals surface area contributed by atoms with Crippen LogP contribution in [0.25, 0.3) is 22.0 Å². The zero-order valence-electron chi connectivity index (χ0n) is 17.9. The van der Waals surface area contributed by atoms with E-state index in [1.807, 2.05) is 6.07 Å². The molecular weight excluding hydrogens is 344 g/mol. The first kappa shape index (κ1) is 20.2. The van der Waals surface area contributed by atoms with E-state index >= 15 is 0 Å². The molecule has 0 N–H and O–H groups in total. The normalized spacial score (nSPS) is 11.0. The molecule has 0 bridgehead atoms. The molecule has 0 amide bonds. The van der Waals surface area contributed by atoms with Gasteiger partial charge < -0.3 is 9.64 Å². The van der Waals surface area contributed by atoms with Crippen molar-refractivity contribution in [2.24, 2.45) is 0 Å². The third-order valence-electron chi connectivity index (χ3n) is 5.31. The van der Waals surface area contributed by atoms with Crippen LogP contribution in [0.15, 0.2) is 42.5 Å². The zero-order chi connectivity index (χ0) is 20.1. The summed E-state index contributed by atoms with van der Waals surface area (Å²) in [5, 5.41) is 2.52. The minimum atomic E-state index is 0.898. The lowest BCUT2D eigenvalue weighted by molar-refractivity contribution is 0.414. The molecule has 3 aromatic rings. The van der Waals surface area contributed by atoms with Crippen molar-refractivity contribution in [1.29, 1.82) is 0 Å². The molecule has 1 heterocycles. The summed E-state index contributed by atoms with van der Waals surface area (Å²) in [5.41, 5.74) is 5.93. The molecule has 2 aromatic carbocycles. The van der Waals surface area contributed by atoms with Crippen molar-refractivity contribution < 1.29 is 4.74 Å². The standard InChI is InChI=1S/C25H32N2O/c1-6-15-27(16-7-2)25-18(4)26-24(22-11-9-10-12-23(22)25)21-14-13-20(28-5)17-19(21)8-3/h9-14,17H,6-8,15-16H2,1-5H3. The molecule has 0 aliphatic rings. The molecular formula is C25H32N2O. The zero-order valence-corrected chi connectivity index (χ0v) is 17.9. The maximum Gasteiger partial charge on any atom is 0.119 e. The van der Waals surface area contributed by atoms with Gasteiger partial charge in [0.1, 0.15) is 5.75 Å². The Morgan fingerprint density at radius 2 is 1.61 bits per heavy atom. The average Bonchev–Trinajstić information content (AvgIpc) is 2.72. The van der Waals surface area contributed by atoms with E-state index in [0.717, 1.165) is 49.5 Å². The number of rotatable bonds is 8. The molecule has 0 fully saturated rings. The number of hydrogen-bond donors (Lipinski definition) is 0. The van der Waals surface area contributed by atoms with Crippen molar-refractivity contribution in [2.75, 3.05) is 25.1 Å². The first-order chi connectivity index (χ1) is 13.6. The topological polar surface area (TPSA) is 25.4 Å². The fourth-order valence-corrected chi connectivity index (χ4v) is 4.07. The van der Waals surface area contributed by atoms with Crippen molar-refractivity contribution in [3.8, 4) is 17.0 Å². The summed E-state index contributed by atoms with van der Waals surface area (Å²) in [6.45, 7) is 10.9. The van der Waals surface area contributed by atoms with Crippen LogP contribution in [0.1, 0.15) is 44.9 Å². The molecule has 0 spiro atoms. The number of aryl methyl sites for hydroxylation is 2. The SMILES string of the molecule is CCCN(CCC)c1c(C)nc(-c2ccc(OC)cc2CC)c2ccccc12. The summed E-state index contributed by atoms with van der Waals surface area (Å²) in [5.74, 6) is 0.898. The van der Waals surface area contributed by atoms with E-state index in [-0.39, 0.29) is 0 Å². The van der Waals surface area contributed by atoms with Crippen LogP contribution in [-0.4, -0.2) is 25.2 Å². The van der Waals surface area contributed by atoms with E-state index in [9.17, 15) is 0 Å². The monoisotopic (exact) mass is 376 g/mol. The van der Waals surface area contributed by atoms with Crippen molar-refractivity contribution in [3.63, 3.8) is 0 Å². The Hall–Kier alpha value is -2.55. The van der Waals surface area contributed by atoms with Gasteiger partial charge in [0.25, 0.3) is 0 Å². The number of anilines is 1. The number of ether oxygens (including phenoxy) is 1. The highest BCUT2D eigenvalue weighted by Gasteiger charge is 2.18. The Labute approximate surface area is 169 Å². The predicted octanol–water partition coefficient (Wildman–Crippen LogP) is 6.41. The maximum atomic E-state index is 5.44. The minimum Gasteiger partial charge on any atom is -0.497 e. The van der Waals surface area contributed by atoms with Crippen molar-refractivity contribution >= 4 is 16.5 Å². The summed E-state index contributed by atoms with van der Waals surface area (Å²) >= 11 is 0. The largest absolute Gasteiger partial charge is 0.497 e. The molecule has 0 saturated heterocycles. The smallest absolute Gasteiger partial charge is 0.119 e. The highest BCUT2D eigenvalue weighted by atomic mass is 16.5. The first-order valence-corrected chi connectivity index (χ1v) is 10.5.